The number of ether oxygens (including phenoxy) is 2. The van der Waals surface area contributed by atoms with Crippen molar-refractivity contribution in [1.29, 1.82) is 0 Å². The highest BCUT2D eigenvalue weighted by Gasteiger charge is 2.51. The Kier molecular flexibility index (Phi) is 4.02. The van der Waals surface area contributed by atoms with Crippen molar-refractivity contribution >= 4 is 7.82 Å². The summed E-state index contributed by atoms with van der Waals surface area (Å²) in [5, 5.41) is 20.0. The molecule has 0 saturated carbocycles. The summed E-state index contributed by atoms with van der Waals surface area (Å²) in [6.07, 6.45) is -7.78. The minimum atomic E-state index is -4.98. The molecule has 1 aromatic rings. The van der Waals surface area contributed by atoms with Crippen LogP contribution >= 0.6 is 7.82 Å². The summed E-state index contributed by atoms with van der Waals surface area (Å²) in [6, 6.07) is 0.997. The molecule has 0 radical (unpaired) electrons. The van der Waals surface area contributed by atoms with Gasteiger partial charge in [0.25, 0.3) is 5.56 Å². The summed E-state index contributed by atoms with van der Waals surface area (Å²) in [6.45, 7) is -0.431. The Morgan fingerprint density at radius 3 is 2.65 bits per heavy atom. The molecule has 3 rings (SSSR count). The molecule has 5 N–H and O–H groups in total. The largest absolute Gasteiger partial charge is 0.472 e. The van der Waals surface area contributed by atoms with Crippen LogP contribution in [0.1, 0.15) is 11.9 Å². The van der Waals surface area contributed by atoms with Crippen molar-refractivity contribution in [2.24, 2.45) is 0 Å². The van der Waals surface area contributed by atoms with Crippen LogP contribution < -0.4 is 11.2 Å². The third-order valence-electron chi connectivity index (χ3n) is 3.49. The van der Waals surface area contributed by atoms with Gasteiger partial charge in [-0.05, 0) is 0 Å². The zero-order valence-electron chi connectivity index (χ0n) is 11.3. The monoisotopic (exact) mass is 352 g/mol. The van der Waals surface area contributed by atoms with Gasteiger partial charge in [-0.3, -0.25) is 18.9 Å². The molecular formula is C10H13N2O10P. The van der Waals surface area contributed by atoms with E-state index in [2.05, 4.69) is 4.52 Å². The predicted molar refractivity (Wildman–Crippen MR) is 69.0 cm³/mol. The number of nitrogens with one attached hydrogen (secondary N) is 1. The Labute approximate surface area is 127 Å². The quantitative estimate of drug-likeness (QED) is 0.347. The number of aromatic amines is 1. The second kappa shape index (κ2) is 5.61. The number of hydrogen-bond acceptors (Lipinski definition) is 8. The molecule has 1 saturated heterocycles. The second-order valence-corrected chi connectivity index (χ2v) is 6.24. The van der Waals surface area contributed by atoms with Crippen molar-refractivity contribution in [3.05, 3.63) is 32.6 Å². The molecule has 2 aliphatic heterocycles. The maximum Gasteiger partial charge on any atom is 0.472 e. The van der Waals surface area contributed by atoms with Crippen molar-refractivity contribution < 1.29 is 38.6 Å². The van der Waals surface area contributed by atoms with Gasteiger partial charge in [0.05, 0.1) is 12.3 Å². The molecule has 0 spiro atoms. The average molecular weight is 352 g/mol. The maximum absolute atomic E-state index is 11.9. The molecule has 1 fully saturated rings. The summed E-state index contributed by atoms with van der Waals surface area (Å²) >= 11 is 0. The van der Waals surface area contributed by atoms with Gasteiger partial charge in [-0.2, -0.15) is 0 Å². The Morgan fingerprint density at radius 2 is 2.00 bits per heavy atom. The van der Waals surface area contributed by atoms with Crippen LogP contribution in [0.3, 0.4) is 0 Å². The lowest BCUT2D eigenvalue weighted by Crippen LogP contribution is -2.41. The minimum Gasteiger partial charge on any atom is -0.387 e. The van der Waals surface area contributed by atoms with Crippen molar-refractivity contribution in [1.82, 2.24) is 9.55 Å². The Hall–Kier alpha value is -1.37. The van der Waals surface area contributed by atoms with E-state index in [0.29, 0.717) is 0 Å². The van der Waals surface area contributed by atoms with Gasteiger partial charge in [0.1, 0.15) is 18.3 Å². The standard InChI is InChI=1S/C10H13N2O10P/c13-4-1-3-2-20-9(22-23(17,18)19)7-5(14)6(15)8(21-7)12(3)10(16)11-4/h1,5-9,14-15H,2H2,(H,11,13,16)(H2,17,18,19)/t5-,6+,7-,8+,9?/m0/s1. The zero-order chi connectivity index (χ0) is 16.9. The van der Waals surface area contributed by atoms with E-state index in [1.807, 2.05) is 4.98 Å². The van der Waals surface area contributed by atoms with E-state index >= 15 is 0 Å². The first-order valence-corrected chi connectivity index (χ1v) is 7.92. The third-order valence-corrected chi connectivity index (χ3v) is 3.97. The van der Waals surface area contributed by atoms with Crippen LogP contribution in [-0.4, -0.2) is 54.2 Å². The van der Waals surface area contributed by atoms with Gasteiger partial charge in [-0.25, -0.2) is 9.36 Å². The van der Waals surface area contributed by atoms with Gasteiger partial charge in [0.15, 0.2) is 12.5 Å². The molecule has 2 aliphatic rings. The normalized spacial score (nSPS) is 33.8. The van der Waals surface area contributed by atoms with E-state index in [0.717, 1.165) is 10.6 Å². The van der Waals surface area contributed by atoms with Gasteiger partial charge < -0.3 is 29.5 Å². The molecule has 1 unspecified atom stereocenters. The van der Waals surface area contributed by atoms with Crippen molar-refractivity contribution in [3.8, 4) is 0 Å². The molecule has 13 heteroatoms. The molecule has 1 aromatic heterocycles. The smallest absolute Gasteiger partial charge is 0.387 e. The molecule has 3 heterocycles. The Balaban J connectivity index is 2.07. The molecule has 0 aromatic carbocycles. The summed E-state index contributed by atoms with van der Waals surface area (Å²) in [4.78, 5) is 43.1. The fraction of sp³-hybridized carbons (Fsp3) is 0.600. The number of phosphoric ester groups is 1. The first kappa shape index (κ1) is 16.5. The fourth-order valence-corrected chi connectivity index (χ4v) is 3.01. The topological polar surface area (TPSA) is 181 Å². The predicted octanol–water partition coefficient (Wildman–Crippen LogP) is -2.88. The first-order valence-electron chi connectivity index (χ1n) is 6.39. The molecule has 23 heavy (non-hydrogen) atoms. The van der Waals surface area contributed by atoms with Crippen LogP contribution in [-0.2, 0) is 25.2 Å². The first-order chi connectivity index (χ1) is 10.7. The molecule has 0 aliphatic carbocycles. The van der Waals surface area contributed by atoms with E-state index in [1.54, 1.807) is 0 Å². The summed E-state index contributed by atoms with van der Waals surface area (Å²) in [5.74, 6) is 0. The van der Waals surface area contributed by atoms with Gasteiger partial charge >= 0.3 is 13.5 Å². The number of rotatable bonds is 2. The SMILES string of the molecule is O=c1cc2n(c(=O)[nH]1)[C@@H]1O[C@H](C(OP(=O)(O)O)OC2)[C@@H](O)[C@H]1O. The zero-order valence-corrected chi connectivity index (χ0v) is 12.2. The lowest BCUT2D eigenvalue weighted by molar-refractivity contribution is -0.203. The van der Waals surface area contributed by atoms with Crippen LogP contribution in [0.15, 0.2) is 15.7 Å². The van der Waals surface area contributed by atoms with E-state index in [9.17, 15) is 24.4 Å². The van der Waals surface area contributed by atoms with Gasteiger partial charge in [-0.15, -0.1) is 0 Å². The van der Waals surface area contributed by atoms with Gasteiger partial charge in [0.2, 0.25) is 0 Å². The van der Waals surface area contributed by atoms with Crippen LogP contribution in [0.4, 0.5) is 0 Å². The second-order valence-electron chi connectivity index (χ2n) is 5.05. The van der Waals surface area contributed by atoms with E-state index in [4.69, 9.17) is 19.3 Å². The molecular weight excluding hydrogens is 339 g/mol. The van der Waals surface area contributed by atoms with Crippen LogP contribution in [0.5, 0.6) is 0 Å². The van der Waals surface area contributed by atoms with E-state index < -0.39 is 56.5 Å². The lowest BCUT2D eigenvalue weighted by atomic mass is 10.1. The third kappa shape index (κ3) is 3.03. The van der Waals surface area contributed by atoms with Crippen molar-refractivity contribution in [2.75, 3.05) is 0 Å². The number of aliphatic hydroxyl groups excluding tert-OH is 2. The minimum absolute atomic E-state index is 0.0188. The molecule has 12 nitrogen and oxygen atoms in total. The average Bonchev–Trinajstić information content (AvgIpc) is 2.69. The molecule has 2 bridgehead atoms. The highest BCUT2D eigenvalue weighted by Crippen LogP contribution is 2.42. The number of nitrogens with zero attached hydrogens (tertiary/aromatic N) is 1. The summed E-state index contributed by atoms with van der Waals surface area (Å²) in [5.41, 5.74) is -1.64. The van der Waals surface area contributed by atoms with Crippen LogP contribution in [0.25, 0.3) is 0 Å². The molecule has 5 atom stereocenters. The molecule has 0 amide bonds. The van der Waals surface area contributed by atoms with E-state index in [-0.39, 0.29) is 5.69 Å². The number of H-pyrrole nitrogens is 1. The van der Waals surface area contributed by atoms with Crippen LogP contribution in [0, 0.1) is 0 Å². The number of phosphoric acid groups is 1. The Bertz CT molecular complexity index is 768. The number of aromatic nitrogens is 2. The highest BCUT2D eigenvalue weighted by molar-refractivity contribution is 7.46. The number of aliphatic hydroxyl groups is 2. The van der Waals surface area contributed by atoms with Gasteiger partial charge in [0, 0.05) is 6.07 Å². The number of fused-ring (bicyclic) bond motifs is 4. The lowest BCUT2D eigenvalue weighted by Gasteiger charge is -2.28. The highest BCUT2D eigenvalue weighted by atomic mass is 31.2. The summed E-state index contributed by atoms with van der Waals surface area (Å²) in [7, 11) is -4.98. The molecule has 128 valence electrons. The van der Waals surface area contributed by atoms with Crippen LogP contribution in [0.2, 0.25) is 0 Å². The van der Waals surface area contributed by atoms with Gasteiger partial charge in [-0.1, -0.05) is 0 Å². The maximum atomic E-state index is 11.9. The number of hydrogen-bond donors (Lipinski definition) is 5. The van der Waals surface area contributed by atoms with Crippen molar-refractivity contribution in [3.63, 3.8) is 0 Å². The van der Waals surface area contributed by atoms with Crippen molar-refractivity contribution in [2.45, 2.75) is 37.4 Å². The van der Waals surface area contributed by atoms with E-state index in [1.165, 1.54) is 0 Å². The Morgan fingerprint density at radius 1 is 1.30 bits per heavy atom. The fourth-order valence-electron chi connectivity index (χ4n) is 2.56. The summed E-state index contributed by atoms with van der Waals surface area (Å²) < 4.78 is 26.7.